The van der Waals surface area contributed by atoms with Crippen molar-refractivity contribution in [1.82, 2.24) is 4.90 Å². The van der Waals surface area contributed by atoms with E-state index in [4.69, 9.17) is 10.9 Å². The summed E-state index contributed by atoms with van der Waals surface area (Å²) in [4.78, 5) is 14.2. The molecule has 3 rings (SSSR count). The number of nitrogens with zero attached hydrogens (tertiary/aromatic N) is 1. The zero-order valence-corrected chi connectivity index (χ0v) is 15.3. The second-order valence-corrected chi connectivity index (χ2v) is 9.27. The van der Waals surface area contributed by atoms with Gasteiger partial charge in [0.1, 0.15) is 0 Å². The summed E-state index contributed by atoms with van der Waals surface area (Å²) >= 11 is 0. The number of hydrogen-bond acceptors (Lipinski definition) is 5. The number of likely N-dealkylation sites (tertiary alicyclic amines) is 1. The fourth-order valence-corrected chi connectivity index (χ4v) is 5.88. The third kappa shape index (κ3) is 2.95. The van der Waals surface area contributed by atoms with Crippen LogP contribution in [0.5, 0.6) is 0 Å². The molecule has 1 heterocycles. The summed E-state index contributed by atoms with van der Waals surface area (Å²) in [6.07, 6.45) is 8.93. The first-order valence-electron chi connectivity index (χ1n) is 8.74. The van der Waals surface area contributed by atoms with Crippen molar-refractivity contribution in [2.75, 3.05) is 19.7 Å². The Morgan fingerprint density at radius 2 is 1.96 bits per heavy atom. The average molecular weight is 369 g/mol. The molecule has 8 heteroatoms. The van der Waals surface area contributed by atoms with Gasteiger partial charge in [-0.25, -0.2) is 13.6 Å². The highest BCUT2D eigenvalue weighted by Gasteiger charge is 2.58. The maximum absolute atomic E-state index is 12.4. The lowest BCUT2D eigenvalue weighted by atomic mass is 9.69. The van der Waals surface area contributed by atoms with E-state index in [1.54, 1.807) is 13.0 Å². The molecular formula is C17H27N3O4S. The summed E-state index contributed by atoms with van der Waals surface area (Å²) in [7, 11) is -4.07. The summed E-state index contributed by atoms with van der Waals surface area (Å²) in [5.74, 6) is -1.99. The van der Waals surface area contributed by atoms with Gasteiger partial charge < -0.3 is 10.8 Å². The number of nitrogens with two attached hydrogens (primary N) is 2. The maximum Gasteiger partial charge on any atom is 0.236 e. The molecule has 7 nitrogen and oxygen atoms in total. The minimum Gasteiger partial charge on any atom is -0.396 e. The number of hydrogen-bond donors (Lipinski definition) is 3. The van der Waals surface area contributed by atoms with Crippen LogP contribution in [0.1, 0.15) is 32.6 Å². The van der Waals surface area contributed by atoms with Crippen LogP contribution in [0, 0.1) is 17.3 Å². The minimum atomic E-state index is -4.07. The molecule has 0 aromatic carbocycles. The molecule has 1 spiro atoms. The van der Waals surface area contributed by atoms with Crippen molar-refractivity contribution in [3.05, 3.63) is 23.1 Å². The smallest absolute Gasteiger partial charge is 0.236 e. The standard InChI is InChI=1S/C17H27N3O4S/c1-12(11-21)17(20-9-7-16(5-6-16)8-10-20)13(15(18)22)3-2-4-14(17)25(19,23)24/h2-4,12-13,21H,5-11H2,1H3,(H2,18,22)(H2,19,23,24). The zero-order valence-electron chi connectivity index (χ0n) is 14.5. The highest BCUT2D eigenvalue weighted by atomic mass is 32.2. The minimum absolute atomic E-state index is 0.0282. The van der Waals surface area contributed by atoms with Gasteiger partial charge in [0.2, 0.25) is 15.9 Å². The van der Waals surface area contributed by atoms with Gasteiger partial charge in [-0.3, -0.25) is 9.69 Å². The van der Waals surface area contributed by atoms with Gasteiger partial charge in [0.15, 0.2) is 0 Å². The van der Waals surface area contributed by atoms with Crippen molar-refractivity contribution in [3.8, 4) is 0 Å². The number of primary sulfonamides is 1. The van der Waals surface area contributed by atoms with Gasteiger partial charge in [-0.05, 0) is 50.3 Å². The van der Waals surface area contributed by atoms with Crippen LogP contribution in [0.4, 0.5) is 0 Å². The van der Waals surface area contributed by atoms with Gasteiger partial charge in [0.05, 0.1) is 16.4 Å². The van der Waals surface area contributed by atoms with Crippen molar-refractivity contribution < 1.29 is 18.3 Å². The Balaban J connectivity index is 2.12. The Labute approximate surface area is 148 Å². The quantitative estimate of drug-likeness (QED) is 0.632. The van der Waals surface area contributed by atoms with E-state index in [1.165, 1.54) is 25.0 Å². The largest absolute Gasteiger partial charge is 0.396 e. The molecule has 3 aliphatic rings. The van der Waals surface area contributed by atoms with Crippen molar-refractivity contribution in [2.24, 2.45) is 28.1 Å². The lowest BCUT2D eigenvalue weighted by molar-refractivity contribution is -0.126. The van der Waals surface area contributed by atoms with E-state index in [0.717, 1.165) is 12.8 Å². The third-order valence-corrected chi connectivity index (χ3v) is 7.44. The molecule has 3 atom stereocenters. The van der Waals surface area contributed by atoms with Crippen molar-refractivity contribution in [2.45, 2.75) is 38.1 Å². The number of carbonyl (C=O) groups excluding carboxylic acids is 1. The molecule has 0 bridgehead atoms. The second-order valence-electron chi connectivity index (χ2n) is 7.74. The van der Waals surface area contributed by atoms with Crippen LogP contribution in [-0.2, 0) is 14.8 Å². The zero-order chi connectivity index (χ0) is 18.5. The molecule has 2 fully saturated rings. The van der Waals surface area contributed by atoms with E-state index >= 15 is 0 Å². The fraction of sp³-hybridized carbons (Fsp3) is 0.706. The van der Waals surface area contributed by atoms with Crippen LogP contribution in [0.3, 0.4) is 0 Å². The number of sulfonamides is 1. The van der Waals surface area contributed by atoms with Gasteiger partial charge >= 0.3 is 0 Å². The number of rotatable bonds is 5. The molecule has 25 heavy (non-hydrogen) atoms. The predicted octanol–water partition coefficient (Wildman–Crippen LogP) is 0.0733. The Bertz CT molecular complexity index is 716. The van der Waals surface area contributed by atoms with Crippen LogP contribution in [0.25, 0.3) is 0 Å². The molecular weight excluding hydrogens is 342 g/mol. The van der Waals surface area contributed by atoms with E-state index in [1.807, 2.05) is 4.90 Å². The highest BCUT2D eigenvalue weighted by Crippen LogP contribution is 2.56. The summed E-state index contributed by atoms with van der Waals surface area (Å²) in [6.45, 7) is 2.80. The third-order valence-electron chi connectivity index (χ3n) is 6.36. The topological polar surface area (TPSA) is 127 Å². The van der Waals surface area contributed by atoms with E-state index in [-0.39, 0.29) is 11.5 Å². The summed E-state index contributed by atoms with van der Waals surface area (Å²) < 4.78 is 24.8. The fourth-order valence-electron chi connectivity index (χ4n) is 4.70. The van der Waals surface area contributed by atoms with E-state index in [9.17, 15) is 18.3 Å². The molecule has 140 valence electrons. The number of carbonyl (C=O) groups is 1. The number of aliphatic hydroxyl groups is 1. The lowest BCUT2D eigenvalue weighted by Gasteiger charge is -2.54. The van der Waals surface area contributed by atoms with E-state index in [2.05, 4.69) is 0 Å². The van der Waals surface area contributed by atoms with E-state index < -0.39 is 33.3 Å². The molecule has 3 unspecified atom stereocenters. The molecule has 0 aromatic heterocycles. The van der Waals surface area contributed by atoms with E-state index in [0.29, 0.717) is 18.5 Å². The van der Waals surface area contributed by atoms with Crippen molar-refractivity contribution >= 4 is 15.9 Å². The van der Waals surface area contributed by atoms with Crippen LogP contribution < -0.4 is 10.9 Å². The number of allylic oxidation sites excluding steroid dienone is 2. The maximum atomic E-state index is 12.4. The van der Waals surface area contributed by atoms with Crippen molar-refractivity contribution in [3.63, 3.8) is 0 Å². The van der Waals surface area contributed by atoms with Crippen molar-refractivity contribution in [1.29, 1.82) is 0 Å². The summed E-state index contributed by atoms with van der Waals surface area (Å²) in [6, 6.07) is 0. The van der Waals surface area contributed by atoms with Gasteiger partial charge in [-0.15, -0.1) is 0 Å². The number of amides is 1. The Morgan fingerprint density at radius 1 is 1.36 bits per heavy atom. The molecule has 1 aliphatic heterocycles. The predicted molar refractivity (Wildman–Crippen MR) is 94.5 cm³/mol. The van der Waals surface area contributed by atoms with Gasteiger partial charge in [-0.1, -0.05) is 19.1 Å². The molecule has 0 aromatic rings. The molecule has 1 saturated heterocycles. The van der Waals surface area contributed by atoms with Crippen LogP contribution in [0.15, 0.2) is 23.1 Å². The van der Waals surface area contributed by atoms with Crippen LogP contribution in [-0.4, -0.2) is 49.6 Å². The molecule has 1 saturated carbocycles. The molecule has 5 N–H and O–H groups in total. The van der Waals surface area contributed by atoms with Gasteiger partial charge in [0.25, 0.3) is 0 Å². The number of piperidine rings is 1. The highest BCUT2D eigenvalue weighted by molar-refractivity contribution is 7.93. The van der Waals surface area contributed by atoms with Gasteiger partial charge in [-0.2, -0.15) is 0 Å². The molecule has 2 aliphatic carbocycles. The first kappa shape index (κ1) is 18.6. The Kier molecular flexibility index (Phi) is 4.60. The summed E-state index contributed by atoms with van der Waals surface area (Å²) in [5.41, 5.74) is 4.80. The Morgan fingerprint density at radius 3 is 2.40 bits per heavy atom. The number of primary amides is 1. The number of aliphatic hydroxyl groups excluding tert-OH is 1. The van der Waals surface area contributed by atoms with Crippen LogP contribution in [0.2, 0.25) is 0 Å². The lowest BCUT2D eigenvalue weighted by Crippen LogP contribution is -2.66. The monoisotopic (exact) mass is 369 g/mol. The first-order chi connectivity index (χ1) is 11.7. The normalized spacial score (nSPS) is 33.1. The molecule has 1 amide bonds. The first-order valence-corrected chi connectivity index (χ1v) is 10.3. The Hall–Kier alpha value is -1.22. The SMILES string of the molecule is CC(CO)C1(N2CCC3(CC2)CC3)C(S(N)(=O)=O)=CC=CC1C(N)=O. The molecule has 0 radical (unpaired) electrons. The second kappa shape index (κ2) is 6.19. The summed E-state index contributed by atoms with van der Waals surface area (Å²) in [5, 5.41) is 15.4. The van der Waals surface area contributed by atoms with Crippen LogP contribution >= 0.6 is 0 Å². The average Bonchev–Trinajstić information content (AvgIpc) is 3.32. The van der Waals surface area contributed by atoms with Gasteiger partial charge in [0, 0.05) is 12.5 Å².